The zero-order valence-electron chi connectivity index (χ0n) is 15.8. The molecule has 4 N–H and O–H groups in total. The summed E-state index contributed by atoms with van der Waals surface area (Å²) in [6.45, 7) is -0.462. The summed E-state index contributed by atoms with van der Waals surface area (Å²) >= 11 is 0. The number of hydrogen-bond acceptors (Lipinski definition) is 8. The lowest BCUT2D eigenvalue weighted by molar-refractivity contribution is -0.150. The van der Waals surface area contributed by atoms with E-state index in [1.165, 1.54) is 17.2 Å². The molecule has 1 fully saturated rings. The topological polar surface area (TPSA) is 174 Å². The largest absolute Gasteiger partial charge is 0.394 e. The number of aliphatic hydroxyl groups excluding tert-OH is 3. The Morgan fingerprint density at radius 1 is 1.23 bits per heavy atom. The van der Waals surface area contributed by atoms with Crippen molar-refractivity contribution in [1.82, 2.24) is 19.5 Å². The van der Waals surface area contributed by atoms with Gasteiger partial charge in [0.05, 0.1) is 12.9 Å². The van der Waals surface area contributed by atoms with Crippen LogP contribution in [0, 0.1) is 0 Å². The van der Waals surface area contributed by atoms with E-state index in [1.54, 1.807) is 0 Å². The number of azide groups is 1. The second kappa shape index (κ2) is 8.22. The Bertz CT molecular complexity index is 1070. The fourth-order valence-electron chi connectivity index (χ4n) is 3.77. The molecule has 1 saturated heterocycles. The van der Waals surface area contributed by atoms with Gasteiger partial charge in [-0.1, -0.05) is 30.3 Å². The predicted molar refractivity (Wildman–Crippen MR) is 105 cm³/mol. The van der Waals surface area contributed by atoms with Gasteiger partial charge in [0.1, 0.15) is 24.6 Å². The Morgan fingerprint density at radius 2 is 2.03 bits per heavy atom. The van der Waals surface area contributed by atoms with Gasteiger partial charge in [-0.2, -0.15) is 9.90 Å². The Hall–Kier alpha value is -3.28. The van der Waals surface area contributed by atoms with Crippen molar-refractivity contribution in [3.05, 3.63) is 59.0 Å². The summed E-state index contributed by atoms with van der Waals surface area (Å²) in [6, 6.07) is 9.63. The van der Waals surface area contributed by atoms with Crippen LogP contribution in [0.15, 0.2) is 48.2 Å². The normalized spacial score (nSPS) is 25.9. The number of aromatic nitrogens is 4. The maximum Gasteiger partial charge on any atom is 0.253 e. The molecule has 0 aliphatic carbocycles. The van der Waals surface area contributed by atoms with Crippen molar-refractivity contribution in [2.45, 2.75) is 36.9 Å². The van der Waals surface area contributed by atoms with Crippen LogP contribution in [-0.4, -0.2) is 59.8 Å². The average Bonchev–Trinajstić information content (AvgIpc) is 3.32. The summed E-state index contributed by atoms with van der Waals surface area (Å²) in [4.78, 5) is 15.2. The molecular weight excluding hydrogens is 392 g/mol. The van der Waals surface area contributed by atoms with Crippen LogP contribution in [-0.2, 0) is 16.9 Å². The first kappa shape index (κ1) is 20.0. The molecule has 0 bridgehead atoms. The van der Waals surface area contributed by atoms with E-state index >= 15 is 0 Å². The quantitative estimate of drug-likeness (QED) is 0.191. The fraction of sp³-hybridized carbons (Fsp3) is 0.389. The van der Waals surface area contributed by atoms with Crippen LogP contribution in [0.4, 0.5) is 5.82 Å². The van der Waals surface area contributed by atoms with E-state index in [9.17, 15) is 15.3 Å². The van der Waals surface area contributed by atoms with Gasteiger partial charge in [-0.3, -0.25) is 4.57 Å². The zero-order chi connectivity index (χ0) is 21.1. The van der Waals surface area contributed by atoms with Crippen molar-refractivity contribution >= 4 is 17.0 Å². The molecule has 2 aromatic heterocycles. The minimum absolute atomic E-state index is 0.182. The molecule has 4 atom stereocenters. The fourth-order valence-corrected chi connectivity index (χ4v) is 3.77. The van der Waals surface area contributed by atoms with Gasteiger partial charge in [-0.15, -0.1) is 5.53 Å². The third kappa shape index (κ3) is 3.32. The summed E-state index contributed by atoms with van der Waals surface area (Å²) in [5.41, 5.74) is 11.2. The zero-order valence-corrected chi connectivity index (χ0v) is 15.8. The standard InChI is InChI=1S/C18H20N8O4/c19-24-25-23-16-13-17(21-9-20-16)26(10-22-13)18(7-6-11-4-2-1-3-5-11)15(29)14(28)12(8-27)30-18/h1-5,9-10,12,14-15,27-29H,6-8H2,(H,20,21,23)/t12-,14-,15-,18-/m1/s1. The van der Waals surface area contributed by atoms with Crippen LogP contribution in [0.3, 0.4) is 0 Å². The van der Waals surface area contributed by atoms with Gasteiger partial charge in [0.15, 0.2) is 16.9 Å². The number of nitrogens with zero attached hydrogens (tertiary/aromatic N) is 7. The highest BCUT2D eigenvalue weighted by atomic mass is 16.6. The third-order valence-corrected chi connectivity index (χ3v) is 5.26. The van der Waals surface area contributed by atoms with Gasteiger partial charge in [0, 0.05) is 6.42 Å². The molecule has 3 heterocycles. The van der Waals surface area contributed by atoms with Crippen LogP contribution >= 0.6 is 0 Å². The summed E-state index contributed by atoms with van der Waals surface area (Å²) < 4.78 is 7.55. The predicted octanol–water partition coefficient (Wildman–Crippen LogP) is 0.862. The summed E-state index contributed by atoms with van der Waals surface area (Å²) in [5, 5.41) is 34.3. The molecule has 12 nitrogen and oxygen atoms in total. The summed E-state index contributed by atoms with van der Waals surface area (Å²) in [6.07, 6.45) is -0.151. The van der Waals surface area contributed by atoms with Crippen LogP contribution in [0.2, 0.25) is 0 Å². The van der Waals surface area contributed by atoms with Crippen molar-refractivity contribution in [3.8, 4) is 0 Å². The second-order valence-electron chi connectivity index (χ2n) is 6.92. The lowest BCUT2D eigenvalue weighted by atomic mass is 9.95. The highest BCUT2D eigenvalue weighted by Gasteiger charge is 2.55. The highest BCUT2D eigenvalue weighted by molar-refractivity contribution is 5.82. The minimum Gasteiger partial charge on any atom is -0.394 e. The van der Waals surface area contributed by atoms with E-state index in [0.717, 1.165) is 5.56 Å². The Kier molecular flexibility index (Phi) is 5.48. The van der Waals surface area contributed by atoms with Crippen molar-refractivity contribution in [3.63, 3.8) is 0 Å². The molecule has 1 aromatic carbocycles. The van der Waals surface area contributed by atoms with E-state index in [2.05, 4.69) is 30.5 Å². The van der Waals surface area contributed by atoms with Crippen molar-refractivity contribution in [1.29, 1.82) is 0 Å². The summed E-state index contributed by atoms with van der Waals surface area (Å²) in [7, 11) is 0. The first-order valence-electron chi connectivity index (χ1n) is 9.28. The van der Waals surface area contributed by atoms with E-state index in [1.807, 2.05) is 30.3 Å². The van der Waals surface area contributed by atoms with Gasteiger partial charge in [-0.25, -0.2) is 15.4 Å². The molecule has 0 amide bonds. The monoisotopic (exact) mass is 412 g/mol. The first-order chi connectivity index (χ1) is 14.6. The number of aryl methyl sites for hydroxylation is 1. The number of ether oxygens (including phenoxy) is 1. The van der Waals surface area contributed by atoms with Crippen LogP contribution in [0.1, 0.15) is 12.0 Å². The second-order valence-corrected chi connectivity index (χ2v) is 6.92. The van der Waals surface area contributed by atoms with Gasteiger partial charge >= 0.3 is 0 Å². The number of benzene rings is 1. The van der Waals surface area contributed by atoms with Crippen molar-refractivity contribution in [2.75, 3.05) is 12.0 Å². The molecular formula is C18H20N8O4. The molecule has 1 aliphatic rings. The smallest absolute Gasteiger partial charge is 0.253 e. The lowest BCUT2D eigenvalue weighted by Gasteiger charge is -2.34. The number of anilines is 1. The molecule has 3 aromatic rings. The van der Waals surface area contributed by atoms with Gasteiger partial charge in [-0.05, 0) is 17.2 Å². The minimum atomic E-state index is -1.43. The molecule has 0 radical (unpaired) electrons. The average molecular weight is 412 g/mol. The number of aliphatic hydroxyl groups is 3. The maximum absolute atomic E-state index is 11.0. The van der Waals surface area contributed by atoms with Gasteiger partial charge in [0.2, 0.25) is 0 Å². The third-order valence-electron chi connectivity index (χ3n) is 5.26. The number of fused-ring (bicyclic) bond motifs is 1. The first-order valence-corrected chi connectivity index (χ1v) is 9.28. The number of rotatable bonds is 7. The van der Waals surface area contributed by atoms with Crippen LogP contribution < -0.4 is 5.43 Å². The molecule has 0 saturated carbocycles. The number of hydrogen-bond donors (Lipinski definition) is 4. The van der Waals surface area contributed by atoms with Crippen LogP contribution in [0.25, 0.3) is 21.6 Å². The van der Waals surface area contributed by atoms with Crippen LogP contribution in [0.5, 0.6) is 0 Å². The van der Waals surface area contributed by atoms with E-state index in [4.69, 9.17) is 10.3 Å². The molecule has 0 unspecified atom stereocenters. The molecule has 30 heavy (non-hydrogen) atoms. The van der Waals surface area contributed by atoms with E-state index < -0.39 is 30.6 Å². The Labute approximate surface area is 170 Å². The lowest BCUT2D eigenvalue weighted by Crippen LogP contribution is -2.46. The highest BCUT2D eigenvalue weighted by Crippen LogP contribution is 2.41. The number of nitrogens with one attached hydrogen (secondary N) is 1. The Morgan fingerprint density at radius 3 is 2.73 bits per heavy atom. The van der Waals surface area contributed by atoms with Crippen molar-refractivity contribution in [2.24, 2.45) is 5.22 Å². The maximum atomic E-state index is 11.0. The summed E-state index contributed by atoms with van der Waals surface area (Å²) in [5.74, 6) is 0.182. The molecule has 1 aliphatic heterocycles. The SMILES string of the molecule is [N-]=[N+]=NNc1ncnc2c1ncn2[C@]1(CCc2ccccc2)O[C@H](CO)[C@@H](O)[C@H]1O. The molecule has 156 valence electrons. The van der Waals surface area contributed by atoms with Gasteiger partial charge < -0.3 is 20.1 Å². The van der Waals surface area contributed by atoms with E-state index in [-0.39, 0.29) is 12.2 Å². The molecule has 0 spiro atoms. The Balaban J connectivity index is 1.79. The molecule has 12 heteroatoms. The van der Waals surface area contributed by atoms with Crippen molar-refractivity contribution < 1.29 is 20.1 Å². The molecule has 4 rings (SSSR count). The number of imidazole rings is 1. The van der Waals surface area contributed by atoms with Gasteiger partial charge in [0.25, 0.3) is 5.82 Å². The van der Waals surface area contributed by atoms with E-state index in [0.29, 0.717) is 17.6 Å².